The van der Waals surface area contributed by atoms with Gasteiger partial charge in [0.25, 0.3) is 0 Å². The molecular formula is C4HgN10O8. The summed E-state index contributed by atoms with van der Waals surface area (Å²) in [6.45, 7) is 0. The Morgan fingerprint density at radius 1 is 0.913 bits per heavy atom. The average molecular weight is 517 g/mol. The van der Waals surface area contributed by atoms with Crippen LogP contribution in [0.25, 0.3) is 0 Å². The maximum atomic E-state index is 11.5. The molecule has 0 aromatic carbocycles. The van der Waals surface area contributed by atoms with Gasteiger partial charge < -0.3 is 0 Å². The number of nitro groups is 2. The van der Waals surface area contributed by atoms with Gasteiger partial charge in [-0.15, -0.1) is 0 Å². The van der Waals surface area contributed by atoms with E-state index in [4.69, 9.17) is 0 Å². The Hall–Kier alpha value is -3.18. The van der Waals surface area contributed by atoms with E-state index in [-0.39, 0.29) is 9.58 Å². The van der Waals surface area contributed by atoms with Crippen molar-refractivity contribution in [2.75, 3.05) is 0 Å². The summed E-state index contributed by atoms with van der Waals surface area (Å²) >= 11 is -3.16. The summed E-state index contributed by atoms with van der Waals surface area (Å²) < 4.78 is 9.14. The fourth-order valence-electron chi connectivity index (χ4n) is 1.10. The van der Waals surface area contributed by atoms with Crippen molar-refractivity contribution in [3.63, 3.8) is 0 Å². The van der Waals surface area contributed by atoms with Crippen LogP contribution in [0.4, 0.5) is 0 Å². The van der Waals surface area contributed by atoms with Crippen LogP contribution < -0.4 is 0 Å². The molecule has 2 aromatic heterocycles. The van der Waals surface area contributed by atoms with Gasteiger partial charge in [-0.25, -0.2) is 0 Å². The number of rotatable bonds is 6. The van der Waals surface area contributed by atoms with Gasteiger partial charge in [-0.3, -0.25) is 0 Å². The molecule has 0 aliphatic carbocycles. The number of hydrogen-bond acceptors (Lipinski definition) is 14. The van der Waals surface area contributed by atoms with E-state index >= 15 is 0 Å². The summed E-state index contributed by atoms with van der Waals surface area (Å²) in [5.41, 5.74) is 0. The zero-order valence-electron chi connectivity index (χ0n) is 10.4. The number of tetrazole rings is 2. The topological polar surface area (TPSA) is 226 Å². The van der Waals surface area contributed by atoms with Crippen molar-refractivity contribution in [2.45, 2.75) is 0 Å². The Kier molecular flexibility index (Phi) is 4.73. The summed E-state index contributed by atoms with van der Waals surface area (Å²) in [6, 6.07) is 0. The fraction of sp³-hybridized carbons (Fsp3) is 0. The van der Waals surface area contributed by atoms with Crippen LogP contribution in [-0.2, 0) is 30.8 Å². The summed E-state index contributed by atoms with van der Waals surface area (Å²) in [4.78, 5) is 43.9. The van der Waals surface area contributed by atoms with Crippen LogP contribution in [-0.4, -0.2) is 62.6 Å². The average Bonchev–Trinajstić information content (AvgIpc) is 3.15. The monoisotopic (exact) mass is 518 g/mol. The third-order valence-corrected chi connectivity index (χ3v) is 4.92. The zero-order valence-corrected chi connectivity index (χ0v) is 15.9. The van der Waals surface area contributed by atoms with E-state index in [2.05, 4.69) is 36.3 Å². The predicted molar refractivity (Wildman–Crippen MR) is 51.2 cm³/mol. The number of hydrogen-bond donors (Lipinski definition) is 0. The van der Waals surface area contributed by atoms with Gasteiger partial charge >= 0.3 is 135 Å². The molecule has 2 rings (SSSR count). The Morgan fingerprint density at radius 3 is 1.65 bits per heavy atom. The molecule has 0 spiro atoms. The van der Waals surface area contributed by atoms with Crippen molar-refractivity contribution in [1.29, 1.82) is 0 Å². The van der Waals surface area contributed by atoms with Crippen molar-refractivity contribution in [3.05, 3.63) is 31.9 Å². The Bertz CT molecular complexity index is 717. The molecule has 0 bridgehead atoms. The van der Waals surface area contributed by atoms with E-state index in [1.165, 1.54) is 0 Å². The number of carbonyl (C=O) groups excluding carboxylic acids is 2. The molecule has 0 N–H and O–H groups in total. The third kappa shape index (κ3) is 3.53. The molecule has 19 heteroatoms. The molecule has 18 nitrogen and oxygen atoms in total. The SMILES string of the molecule is O=C([O][Hg][O]C(=O)c1nnnn1[N+](=O)[O-])c1nnnn1[N+](=O)[O-]. The van der Waals surface area contributed by atoms with Crippen LogP contribution in [0.15, 0.2) is 0 Å². The molecule has 2 heterocycles. The van der Waals surface area contributed by atoms with Crippen molar-refractivity contribution in [3.8, 4) is 0 Å². The molecule has 23 heavy (non-hydrogen) atoms. The molecule has 0 aliphatic heterocycles. The van der Waals surface area contributed by atoms with Crippen LogP contribution in [0.3, 0.4) is 0 Å². The van der Waals surface area contributed by atoms with Crippen LogP contribution >= 0.6 is 0 Å². The van der Waals surface area contributed by atoms with Gasteiger partial charge in [-0.2, -0.15) is 0 Å². The first kappa shape index (κ1) is 16.2. The number of nitrogens with zero attached hydrogens (tertiary/aromatic N) is 10. The second-order valence-corrected chi connectivity index (χ2v) is 6.40. The van der Waals surface area contributed by atoms with E-state index in [9.17, 15) is 29.8 Å². The molecule has 2 aromatic rings. The van der Waals surface area contributed by atoms with E-state index in [0.29, 0.717) is 0 Å². The first-order valence-electron chi connectivity index (χ1n) is 5.12. The van der Waals surface area contributed by atoms with E-state index in [0.717, 1.165) is 0 Å². The van der Waals surface area contributed by atoms with Crippen LogP contribution in [0.1, 0.15) is 21.2 Å². The number of carbonyl (C=O) groups is 2. The van der Waals surface area contributed by atoms with Crippen molar-refractivity contribution >= 4 is 11.9 Å². The van der Waals surface area contributed by atoms with E-state index < -0.39 is 59.1 Å². The van der Waals surface area contributed by atoms with Crippen molar-refractivity contribution in [2.24, 2.45) is 0 Å². The molecule has 0 saturated carbocycles. The summed E-state index contributed by atoms with van der Waals surface area (Å²) in [5.74, 6) is -4.23. The van der Waals surface area contributed by atoms with Gasteiger partial charge in [-0.1, -0.05) is 0 Å². The van der Waals surface area contributed by atoms with Gasteiger partial charge in [0, 0.05) is 0 Å². The first-order chi connectivity index (χ1) is 10.9. The minimum absolute atomic E-state index is 0.0364. The standard InChI is InChI=1S/2C2HN5O4.Hg/c2*8-2(9)1-3-4-5-6(1)7(10)11;/h2*(H,8,9);/q;;+2/p-2. The normalized spacial score (nSPS) is 9.74. The summed E-state index contributed by atoms with van der Waals surface area (Å²) in [6.07, 6.45) is 0. The molecule has 0 fully saturated rings. The van der Waals surface area contributed by atoms with Gasteiger partial charge in [0.15, 0.2) is 0 Å². The summed E-state index contributed by atoms with van der Waals surface area (Å²) in [5, 5.41) is 36.6. The quantitative estimate of drug-likeness (QED) is 0.208. The van der Waals surface area contributed by atoms with Crippen LogP contribution in [0.2, 0.25) is 0 Å². The van der Waals surface area contributed by atoms with Gasteiger partial charge in [0.05, 0.1) is 0 Å². The van der Waals surface area contributed by atoms with Crippen LogP contribution in [0, 0.1) is 20.2 Å². The molecule has 0 unspecified atom stereocenters. The zero-order chi connectivity index (χ0) is 17.0. The molecular weight excluding hydrogens is 517 g/mol. The molecule has 0 amide bonds. The maximum absolute atomic E-state index is 11.5. The Morgan fingerprint density at radius 2 is 1.30 bits per heavy atom. The third-order valence-electron chi connectivity index (χ3n) is 1.96. The second-order valence-electron chi connectivity index (χ2n) is 3.24. The van der Waals surface area contributed by atoms with E-state index in [1.807, 2.05) is 0 Å². The Balaban J connectivity index is 1.94. The van der Waals surface area contributed by atoms with Gasteiger partial charge in [0.2, 0.25) is 0 Å². The van der Waals surface area contributed by atoms with Crippen molar-refractivity contribution < 1.29 is 50.4 Å². The fourth-order valence-corrected chi connectivity index (χ4v) is 3.16. The van der Waals surface area contributed by atoms with Crippen molar-refractivity contribution in [1.82, 2.24) is 40.6 Å². The van der Waals surface area contributed by atoms with Crippen LogP contribution in [0.5, 0.6) is 0 Å². The molecule has 0 aliphatic rings. The number of aromatic nitrogens is 8. The molecule has 116 valence electrons. The van der Waals surface area contributed by atoms with Gasteiger partial charge in [0.1, 0.15) is 0 Å². The van der Waals surface area contributed by atoms with Gasteiger partial charge in [-0.05, 0) is 0 Å². The Labute approximate surface area is 135 Å². The molecule has 0 saturated heterocycles. The summed E-state index contributed by atoms with van der Waals surface area (Å²) in [7, 11) is 0. The molecule has 0 radical (unpaired) electrons. The van der Waals surface area contributed by atoms with E-state index in [1.54, 1.807) is 0 Å². The minimum atomic E-state index is -3.16. The predicted octanol–water partition coefficient (Wildman–Crippen LogP) is -3.33. The first-order valence-corrected chi connectivity index (χ1v) is 9.61. The molecule has 0 atom stereocenters. The second kappa shape index (κ2) is 6.72.